The Kier molecular flexibility index (Phi) is 8.46. The van der Waals surface area contributed by atoms with E-state index in [-0.39, 0.29) is 33.4 Å². The molecule has 12 heteroatoms. The van der Waals surface area contributed by atoms with Gasteiger partial charge < -0.3 is 14.4 Å². The predicted octanol–water partition coefficient (Wildman–Crippen LogP) is 3.39. The monoisotopic (exact) mass is 552 g/mol. The zero-order valence-corrected chi connectivity index (χ0v) is 21.1. The van der Waals surface area contributed by atoms with Crippen molar-refractivity contribution in [1.82, 2.24) is 19.9 Å². The number of carbonyl (C=O) groups is 1. The molecule has 3 aromatic rings. The van der Waals surface area contributed by atoms with Crippen molar-refractivity contribution in [1.29, 1.82) is 0 Å². The van der Waals surface area contributed by atoms with Gasteiger partial charge in [0, 0.05) is 56.6 Å². The van der Waals surface area contributed by atoms with Crippen molar-refractivity contribution in [3.05, 3.63) is 80.6 Å². The number of amides is 1. The van der Waals surface area contributed by atoms with Gasteiger partial charge in [-0.3, -0.25) is 19.9 Å². The molecule has 1 saturated heterocycles. The van der Waals surface area contributed by atoms with E-state index in [9.17, 15) is 23.5 Å². The second-order valence-corrected chi connectivity index (χ2v) is 9.33. The summed E-state index contributed by atoms with van der Waals surface area (Å²) in [6, 6.07) is 6.37. The van der Waals surface area contributed by atoms with Crippen LogP contribution in [0.1, 0.15) is 10.4 Å². The maximum atomic E-state index is 14.0. The van der Waals surface area contributed by atoms with Crippen LogP contribution in [0.2, 0.25) is 10.0 Å². The predicted molar refractivity (Wildman–Crippen MR) is 138 cm³/mol. The van der Waals surface area contributed by atoms with Crippen LogP contribution in [0, 0.1) is 11.6 Å². The van der Waals surface area contributed by atoms with Gasteiger partial charge in [0.05, 0.1) is 15.6 Å². The highest BCUT2D eigenvalue weighted by Crippen LogP contribution is 2.22. The molecule has 1 atom stereocenters. The van der Waals surface area contributed by atoms with E-state index in [0.717, 1.165) is 12.1 Å². The molecule has 196 valence electrons. The van der Waals surface area contributed by atoms with Gasteiger partial charge >= 0.3 is 0 Å². The molecule has 0 unspecified atom stereocenters. The second kappa shape index (κ2) is 11.6. The van der Waals surface area contributed by atoms with Crippen molar-refractivity contribution in [3.8, 4) is 5.75 Å². The van der Waals surface area contributed by atoms with Crippen LogP contribution in [0.15, 0.2) is 47.9 Å². The number of ether oxygens (including phenoxy) is 1. The van der Waals surface area contributed by atoms with E-state index in [2.05, 4.69) is 12.0 Å². The summed E-state index contributed by atoms with van der Waals surface area (Å²) >= 11 is 11.5. The van der Waals surface area contributed by atoms with Gasteiger partial charge in [-0.1, -0.05) is 29.8 Å². The van der Waals surface area contributed by atoms with E-state index < -0.39 is 29.1 Å². The zero-order valence-electron chi connectivity index (χ0n) is 19.6. The van der Waals surface area contributed by atoms with Crippen LogP contribution in [-0.4, -0.2) is 70.9 Å². The van der Waals surface area contributed by atoms with Crippen LogP contribution in [0.25, 0.3) is 17.1 Å². The highest BCUT2D eigenvalue weighted by molar-refractivity contribution is 6.31. The molecule has 1 fully saturated rings. The molecule has 2 N–H and O–H groups in total. The summed E-state index contributed by atoms with van der Waals surface area (Å²) in [5.41, 5.74) is 2.26. The first-order valence-corrected chi connectivity index (χ1v) is 12.1. The van der Waals surface area contributed by atoms with Gasteiger partial charge in [0.25, 0.3) is 5.91 Å². The van der Waals surface area contributed by atoms with Crippen molar-refractivity contribution in [2.45, 2.75) is 6.10 Å². The minimum absolute atomic E-state index is 0.0105. The average molecular weight is 553 g/mol. The fourth-order valence-corrected chi connectivity index (χ4v) is 4.29. The van der Waals surface area contributed by atoms with E-state index in [1.807, 2.05) is 4.90 Å². The number of aliphatic hydroxyl groups is 1. The third-order valence-electron chi connectivity index (χ3n) is 5.95. The maximum Gasteiger partial charge on any atom is 0.271 e. The summed E-state index contributed by atoms with van der Waals surface area (Å²) in [7, 11) is 0. The summed E-state index contributed by atoms with van der Waals surface area (Å²) in [5, 5.41) is 11.8. The summed E-state index contributed by atoms with van der Waals surface area (Å²) in [6.07, 6.45) is 1.91. The molecule has 4 rings (SSSR count). The molecule has 0 saturated carbocycles. The summed E-state index contributed by atoms with van der Waals surface area (Å²) in [4.78, 5) is 27.8. The minimum Gasteiger partial charge on any atom is -0.491 e. The van der Waals surface area contributed by atoms with Crippen LogP contribution in [0.4, 0.5) is 8.78 Å². The Balaban J connectivity index is 1.32. The number of hydrogen-bond acceptors (Lipinski definition) is 6. The molecule has 8 nitrogen and oxygen atoms in total. The molecule has 0 aliphatic carbocycles. The van der Waals surface area contributed by atoms with Gasteiger partial charge in [-0.05, 0) is 24.3 Å². The van der Waals surface area contributed by atoms with Crippen molar-refractivity contribution < 1.29 is 23.4 Å². The van der Waals surface area contributed by atoms with E-state index in [1.54, 1.807) is 5.01 Å². The van der Waals surface area contributed by atoms with Crippen molar-refractivity contribution in [2.24, 2.45) is 0 Å². The number of aliphatic hydroxyl groups excluding tert-OH is 1. The quantitative estimate of drug-likeness (QED) is 0.445. The van der Waals surface area contributed by atoms with Crippen LogP contribution in [-0.2, 0) is 0 Å². The van der Waals surface area contributed by atoms with Gasteiger partial charge in [0.1, 0.15) is 35.7 Å². The van der Waals surface area contributed by atoms with Crippen molar-refractivity contribution >= 4 is 46.2 Å². The molecule has 0 bridgehead atoms. The van der Waals surface area contributed by atoms with Gasteiger partial charge in [-0.25, -0.2) is 13.8 Å². The summed E-state index contributed by atoms with van der Waals surface area (Å²) in [5.74, 6) is -1.72. The van der Waals surface area contributed by atoms with Crippen LogP contribution in [0.3, 0.4) is 0 Å². The number of halogens is 4. The van der Waals surface area contributed by atoms with Gasteiger partial charge in [0.2, 0.25) is 5.43 Å². The van der Waals surface area contributed by atoms with E-state index in [0.29, 0.717) is 38.2 Å². The summed E-state index contributed by atoms with van der Waals surface area (Å²) in [6.45, 7) is 5.91. The topological polar surface area (TPSA) is 87.0 Å². The van der Waals surface area contributed by atoms with Crippen LogP contribution < -0.4 is 15.6 Å². The molecule has 1 aromatic heterocycles. The van der Waals surface area contributed by atoms with E-state index >= 15 is 0 Å². The van der Waals surface area contributed by atoms with Gasteiger partial charge in [-0.15, -0.1) is 0 Å². The number of aromatic nitrogens is 1. The standard InChI is InChI=1S/C25H24Cl2F2N4O4/c1-2-32-13-18(24(35)17-10-22(29)20(27)11-23(17)32)25(36)30-33-7-5-31(6-8-33)12-15(34)14-37-16-3-4-19(26)21(28)9-16/h2-4,9-11,13,15,34H,1,5-8,12,14H2,(H,30,36)/t15-/m1/s1. The Morgan fingerprint density at radius 1 is 1.14 bits per heavy atom. The number of nitrogens with zero attached hydrogens (tertiary/aromatic N) is 3. The normalized spacial score (nSPS) is 15.5. The Bertz CT molecular complexity index is 1390. The molecule has 2 aromatic carbocycles. The van der Waals surface area contributed by atoms with Crippen LogP contribution in [0.5, 0.6) is 5.75 Å². The fraction of sp³-hybridized carbons (Fsp3) is 0.280. The number of carbonyl (C=O) groups excluding carboxylic acids is 1. The summed E-state index contributed by atoms with van der Waals surface area (Å²) < 4.78 is 34.4. The molecule has 0 radical (unpaired) electrons. The first kappa shape index (κ1) is 27.0. The number of nitrogens with one attached hydrogen (secondary N) is 1. The highest BCUT2D eigenvalue weighted by atomic mass is 35.5. The second-order valence-electron chi connectivity index (χ2n) is 8.51. The highest BCUT2D eigenvalue weighted by Gasteiger charge is 2.23. The Hall–Kier alpha value is -3.02. The Labute approximate surface area is 221 Å². The van der Waals surface area contributed by atoms with Crippen molar-refractivity contribution in [3.63, 3.8) is 0 Å². The third-order valence-corrected chi connectivity index (χ3v) is 6.55. The molecule has 1 amide bonds. The molecule has 1 aliphatic rings. The van der Waals surface area contributed by atoms with Gasteiger partial charge in [-0.2, -0.15) is 0 Å². The fourth-order valence-electron chi connectivity index (χ4n) is 4.01. The average Bonchev–Trinajstić information content (AvgIpc) is 2.87. The number of hydrazine groups is 1. The number of fused-ring (bicyclic) bond motifs is 1. The third kappa shape index (κ3) is 6.28. The molecule has 0 spiro atoms. The smallest absolute Gasteiger partial charge is 0.271 e. The molecule has 2 heterocycles. The molecular formula is C25H24Cl2F2N4O4. The number of benzene rings is 2. The molecular weight excluding hydrogens is 529 g/mol. The first-order chi connectivity index (χ1) is 17.7. The minimum atomic E-state index is -0.816. The van der Waals surface area contributed by atoms with Gasteiger partial charge in [0.15, 0.2) is 0 Å². The largest absolute Gasteiger partial charge is 0.491 e. The first-order valence-electron chi connectivity index (χ1n) is 11.4. The maximum absolute atomic E-state index is 14.0. The molecule has 37 heavy (non-hydrogen) atoms. The molecule has 1 aliphatic heterocycles. The lowest BCUT2D eigenvalue weighted by atomic mass is 10.1. The van der Waals surface area contributed by atoms with E-state index in [4.69, 9.17) is 27.9 Å². The Morgan fingerprint density at radius 3 is 2.51 bits per heavy atom. The number of piperazine rings is 1. The van der Waals surface area contributed by atoms with Crippen molar-refractivity contribution in [2.75, 3.05) is 39.3 Å². The lowest BCUT2D eigenvalue weighted by Gasteiger charge is -2.35. The lowest BCUT2D eigenvalue weighted by molar-refractivity contribution is 0.0316. The SMILES string of the molecule is C=Cn1cc(C(=O)NN2CCN(C[C@@H](O)COc3ccc(Cl)c(F)c3)CC2)c(=O)c2cc(F)c(Cl)cc21. The lowest BCUT2D eigenvalue weighted by Crippen LogP contribution is -2.55. The van der Waals surface area contributed by atoms with E-state index in [1.165, 1.54) is 35.2 Å². The number of pyridine rings is 1. The number of β-amino-alcohol motifs (C(OH)–C–C–N with tert-alkyl or cyclic N) is 1. The number of rotatable bonds is 8. The Morgan fingerprint density at radius 2 is 1.84 bits per heavy atom. The zero-order chi connectivity index (χ0) is 26.7. The van der Waals surface area contributed by atoms with Crippen LogP contribution >= 0.6 is 23.2 Å². The number of hydrogen-bond donors (Lipinski definition) is 2.